The summed E-state index contributed by atoms with van der Waals surface area (Å²) in [6.07, 6.45) is 4.44. The van der Waals surface area contributed by atoms with Gasteiger partial charge in [0.05, 0.1) is 5.69 Å². The van der Waals surface area contributed by atoms with Gasteiger partial charge in [-0.05, 0) is 43.2 Å². The molecule has 1 aromatic heterocycles. The number of H-pyrrole nitrogens is 1. The lowest BCUT2D eigenvalue weighted by Gasteiger charge is -2.09. The van der Waals surface area contributed by atoms with Gasteiger partial charge in [0.1, 0.15) is 11.5 Å². The molecular weight excluding hydrogens is 257 g/mol. The van der Waals surface area contributed by atoms with E-state index in [-0.39, 0.29) is 17.8 Å². The minimum Gasteiger partial charge on any atom is -0.348 e. The first-order valence-corrected chi connectivity index (χ1v) is 6.84. The molecule has 1 aromatic carbocycles. The molecule has 0 atom stereocenters. The summed E-state index contributed by atoms with van der Waals surface area (Å²) in [4.78, 5) is 12.1. The second kappa shape index (κ2) is 5.45. The van der Waals surface area contributed by atoms with Crippen LogP contribution < -0.4 is 5.32 Å². The van der Waals surface area contributed by atoms with Gasteiger partial charge in [0.15, 0.2) is 0 Å². The third kappa shape index (κ3) is 2.71. The van der Waals surface area contributed by atoms with E-state index in [0.29, 0.717) is 11.4 Å². The van der Waals surface area contributed by atoms with Crippen molar-refractivity contribution in [1.29, 1.82) is 0 Å². The lowest BCUT2D eigenvalue weighted by atomic mass is 10.1. The van der Waals surface area contributed by atoms with Gasteiger partial charge in [-0.2, -0.15) is 5.10 Å². The maximum atomic E-state index is 12.9. The molecule has 1 amide bonds. The van der Waals surface area contributed by atoms with Crippen molar-refractivity contribution in [3.63, 3.8) is 0 Å². The van der Waals surface area contributed by atoms with Gasteiger partial charge in [0, 0.05) is 11.6 Å². The zero-order valence-electron chi connectivity index (χ0n) is 11.0. The molecule has 1 saturated carbocycles. The fourth-order valence-corrected chi connectivity index (χ4v) is 2.54. The highest BCUT2D eigenvalue weighted by Crippen LogP contribution is 2.20. The van der Waals surface area contributed by atoms with Gasteiger partial charge in [-0.1, -0.05) is 12.8 Å². The van der Waals surface area contributed by atoms with Crippen molar-refractivity contribution in [1.82, 2.24) is 15.5 Å². The van der Waals surface area contributed by atoms with Gasteiger partial charge < -0.3 is 5.32 Å². The highest BCUT2D eigenvalue weighted by atomic mass is 19.1. The van der Waals surface area contributed by atoms with E-state index < -0.39 is 0 Å². The lowest BCUT2D eigenvalue weighted by Crippen LogP contribution is -2.32. The van der Waals surface area contributed by atoms with Crippen LogP contribution in [-0.2, 0) is 0 Å². The number of amides is 1. The third-order valence-electron chi connectivity index (χ3n) is 3.65. The fourth-order valence-electron chi connectivity index (χ4n) is 2.54. The fraction of sp³-hybridized carbons (Fsp3) is 0.333. The van der Waals surface area contributed by atoms with Gasteiger partial charge in [0.2, 0.25) is 0 Å². The Morgan fingerprint density at radius 1 is 1.25 bits per heavy atom. The maximum absolute atomic E-state index is 12.9. The lowest BCUT2D eigenvalue weighted by molar-refractivity contribution is 0.0933. The topological polar surface area (TPSA) is 57.8 Å². The van der Waals surface area contributed by atoms with Crippen LogP contribution in [0.2, 0.25) is 0 Å². The summed E-state index contributed by atoms with van der Waals surface area (Å²) in [5.74, 6) is -0.416. The Balaban J connectivity index is 1.72. The molecule has 0 radical (unpaired) electrons. The number of aromatic nitrogens is 2. The molecule has 1 aliphatic carbocycles. The molecule has 104 valence electrons. The van der Waals surface area contributed by atoms with Crippen molar-refractivity contribution in [2.45, 2.75) is 31.7 Å². The van der Waals surface area contributed by atoms with E-state index >= 15 is 0 Å². The molecule has 0 unspecified atom stereocenters. The van der Waals surface area contributed by atoms with Gasteiger partial charge >= 0.3 is 0 Å². The van der Waals surface area contributed by atoms with Gasteiger partial charge in [-0.15, -0.1) is 0 Å². The van der Waals surface area contributed by atoms with Crippen LogP contribution in [0.5, 0.6) is 0 Å². The molecule has 20 heavy (non-hydrogen) atoms. The Hall–Kier alpha value is -2.17. The first-order valence-electron chi connectivity index (χ1n) is 6.84. The van der Waals surface area contributed by atoms with Gasteiger partial charge in [-0.3, -0.25) is 9.89 Å². The number of nitrogens with one attached hydrogen (secondary N) is 2. The Labute approximate surface area is 116 Å². The average Bonchev–Trinajstić information content (AvgIpc) is 3.10. The predicted molar refractivity (Wildman–Crippen MR) is 73.7 cm³/mol. The summed E-state index contributed by atoms with van der Waals surface area (Å²) in [6, 6.07) is 8.01. The summed E-state index contributed by atoms with van der Waals surface area (Å²) in [5.41, 5.74) is 1.86. The SMILES string of the molecule is O=C(NC1CCCC1)c1cc(-c2ccc(F)cc2)n[nH]1. The predicted octanol–water partition coefficient (Wildman–Crippen LogP) is 2.89. The first kappa shape index (κ1) is 12.8. The molecule has 0 aliphatic heterocycles. The summed E-state index contributed by atoms with van der Waals surface area (Å²) < 4.78 is 12.9. The molecule has 2 aromatic rings. The standard InChI is InChI=1S/C15H16FN3O/c16-11-7-5-10(6-8-11)13-9-14(19-18-13)15(20)17-12-3-1-2-4-12/h5-9,12H,1-4H2,(H,17,20)(H,18,19). The molecule has 2 N–H and O–H groups in total. The molecule has 1 heterocycles. The van der Waals surface area contributed by atoms with Crippen molar-refractivity contribution in [3.05, 3.63) is 41.8 Å². The van der Waals surface area contributed by atoms with Gasteiger partial charge in [0.25, 0.3) is 5.91 Å². The highest BCUT2D eigenvalue weighted by Gasteiger charge is 2.19. The van der Waals surface area contributed by atoms with E-state index in [1.165, 1.54) is 25.0 Å². The Morgan fingerprint density at radius 3 is 2.65 bits per heavy atom. The zero-order chi connectivity index (χ0) is 13.9. The zero-order valence-corrected chi connectivity index (χ0v) is 11.0. The number of nitrogens with zero attached hydrogens (tertiary/aromatic N) is 1. The second-order valence-electron chi connectivity index (χ2n) is 5.13. The summed E-state index contributed by atoms with van der Waals surface area (Å²) in [7, 11) is 0. The van der Waals surface area contributed by atoms with E-state index in [9.17, 15) is 9.18 Å². The number of hydrogen-bond acceptors (Lipinski definition) is 2. The van der Waals surface area contributed by atoms with Crippen molar-refractivity contribution in [3.8, 4) is 11.3 Å². The second-order valence-corrected chi connectivity index (χ2v) is 5.13. The molecule has 5 heteroatoms. The average molecular weight is 273 g/mol. The number of carbonyl (C=O) groups is 1. The minimum absolute atomic E-state index is 0.127. The van der Waals surface area contributed by atoms with Crippen LogP contribution >= 0.6 is 0 Å². The van der Waals surface area contributed by atoms with E-state index in [0.717, 1.165) is 18.4 Å². The van der Waals surface area contributed by atoms with E-state index in [1.807, 2.05) is 0 Å². The van der Waals surface area contributed by atoms with Crippen LogP contribution in [0.25, 0.3) is 11.3 Å². The normalized spacial score (nSPS) is 15.4. The summed E-state index contributed by atoms with van der Waals surface area (Å²) in [6.45, 7) is 0. The number of carbonyl (C=O) groups excluding carboxylic acids is 1. The number of benzene rings is 1. The molecule has 4 nitrogen and oxygen atoms in total. The quantitative estimate of drug-likeness (QED) is 0.903. The molecule has 0 bridgehead atoms. The monoisotopic (exact) mass is 273 g/mol. The highest BCUT2D eigenvalue weighted by molar-refractivity contribution is 5.93. The van der Waals surface area contributed by atoms with Crippen molar-refractivity contribution in [2.75, 3.05) is 0 Å². The van der Waals surface area contributed by atoms with Crippen molar-refractivity contribution >= 4 is 5.91 Å². The minimum atomic E-state index is -0.288. The smallest absolute Gasteiger partial charge is 0.269 e. The Kier molecular flexibility index (Phi) is 3.50. The summed E-state index contributed by atoms with van der Waals surface area (Å²) >= 11 is 0. The van der Waals surface area contributed by atoms with Crippen LogP contribution in [0.3, 0.4) is 0 Å². The molecular formula is C15H16FN3O. The molecule has 0 saturated heterocycles. The largest absolute Gasteiger partial charge is 0.348 e. The molecule has 3 rings (SSSR count). The van der Waals surface area contributed by atoms with Crippen molar-refractivity contribution in [2.24, 2.45) is 0 Å². The molecule has 1 aliphatic rings. The van der Waals surface area contributed by atoms with Crippen LogP contribution in [-0.4, -0.2) is 22.1 Å². The van der Waals surface area contributed by atoms with E-state index in [2.05, 4.69) is 15.5 Å². The van der Waals surface area contributed by atoms with Crippen LogP contribution in [0.4, 0.5) is 4.39 Å². The number of aromatic amines is 1. The Morgan fingerprint density at radius 2 is 1.95 bits per heavy atom. The number of halogens is 1. The number of rotatable bonds is 3. The first-order chi connectivity index (χ1) is 9.72. The number of hydrogen-bond donors (Lipinski definition) is 2. The van der Waals surface area contributed by atoms with Crippen LogP contribution in [0, 0.1) is 5.82 Å². The maximum Gasteiger partial charge on any atom is 0.269 e. The summed E-state index contributed by atoms with van der Waals surface area (Å²) in [5, 5.41) is 9.84. The van der Waals surface area contributed by atoms with Crippen LogP contribution in [0.15, 0.2) is 30.3 Å². The van der Waals surface area contributed by atoms with E-state index in [1.54, 1.807) is 18.2 Å². The molecule has 1 fully saturated rings. The Bertz CT molecular complexity index is 600. The van der Waals surface area contributed by atoms with E-state index in [4.69, 9.17) is 0 Å². The molecule has 0 spiro atoms. The third-order valence-corrected chi connectivity index (χ3v) is 3.65. The van der Waals surface area contributed by atoms with Crippen molar-refractivity contribution < 1.29 is 9.18 Å². The van der Waals surface area contributed by atoms with Gasteiger partial charge in [-0.25, -0.2) is 4.39 Å². The van der Waals surface area contributed by atoms with Crippen LogP contribution in [0.1, 0.15) is 36.2 Å².